The number of ether oxygens (including phenoxy) is 1. The lowest BCUT2D eigenvalue weighted by molar-refractivity contribution is -0.119. The number of benzene rings is 3. The van der Waals surface area contributed by atoms with Crippen molar-refractivity contribution in [2.24, 2.45) is 0 Å². The molecule has 0 aliphatic rings. The molecule has 0 bridgehead atoms. The summed E-state index contributed by atoms with van der Waals surface area (Å²) >= 11 is 1.36. The van der Waals surface area contributed by atoms with E-state index in [4.69, 9.17) is 4.74 Å². The minimum atomic E-state index is -0.765. The lowest BCUT2D eigenvalue weighted by Gasteiger charge is -2.07. The molecule has 0 radical (unpaired) electrons. The van der Waals surface area contributed by atoms with Gasteiger partial charge in [-0.05, 0) is 53.9 Å². The van der Waals surface area contributed by atoms with E-state index >= 15 is 0 Å². The van der Waals surface area contributed by atoms with Crippen LogP contribution >= 0.6 is 11.3 Å². The monoisotopic (exact) mass is 406 g/mol. The molecule has 0 aliphatic carbocycles. The van der Waals surface area contributed by atoms with Crippen molar-refractivity contribution in [2.75, 3.05) is 11.9 Å². The Labute approximate surface area is 170 Å². The molecule has 0 aliphatic heterocycles. The Morgan fingerprint density at radius 3 is 2.59 bits per heavy atom. The van der Waals surface area contributed by atoms with Crippen molar-refractivity contribution in [3.8, 4) is 5.75 Å². The number of fused-ring (bicyclic) bond motifs is 2. The fraction of sp³-hybridized carbons (Fsp3) is 0.136. The summed E-state index contributed by atoms with van der Waals surface area (Å²) in [7, 11) is 0. The molecule has 4 aromatic rings. The third-order valence-corrected chi connectivity index (χ3v) is 5.41. The number of carbonyl (C=O) groups is 2. The first-order valence-electron chi connectivity index (χ1n) is 8.97. The van der Waals surface area contributed by atoms with Crippen LogP contribution in [-0.2, 0) is 9.53 Å². The number of anilines is 1. The molecule has 1 amide bonds. The third-order valence-electron chi connectivity index (χ3n) is 4.49. The van der Waals surface area contributed by atoms with Gasteiger partial charge in [-0.25, -0.2) is 9.78 Å². The summed E-state index contributed by atoms with van der Waals surface area (Å²) in [4.78, 5) is 28.9. The average molecular weight is 406 g/mol. The van der Waals surface area contributed by atoms with Gasteiger partial charge in [0.2, 0.25) is 0 Å². The molecule has 7 heteroatoms. The summed E-state index contributed by atoms with van der Waals surface area (Å²) in [5, 5.41) is 14.8. The van der Waals surface area contributed by atoms with Crippen LogP contribution < -0.4 is 5.32 Å². The maximum atomic E-state index is 12.3. The standard InChI is InChI=1S/C22H18N2O4S/c1-12-7-13(2)20-18(8-12)29-22(24-20)23-19(26)11-28-21(27)16-9-14-5-3-4-6-15(14)10-17(16)25/h3-10,25H,11H2,1-2H3,(H,23,24,26). The Hall–Kier alpha value is -3.45. The zero-order valence-electron chi connectivity index (χ0n) is 15.9. The minimum absolute atomic E-state index is 0.0163. The number of nitrogens with zero attached hydrogens (tertiary/aromatic N) is 1. The van der Waals surface area contributed by atoms with E-state index in [1.165, 1.54) is 17.4 Å². The molecule has 0 saturated carbocycles. The molecule has 6 nitrogen and oxygen atoms in total. The number of phenols is 1. The van der Waals surface area contributed by atoms with Crippen LogP contribution in [0.2, 0.25) is 0 Å². The molecule has 1 aromatic heterocycles. The number of aryl methyl sites for hydroxylation is 2. The van der Waals surface area contributed by atoms with Crippen molar-refractivity contribution in [2.45, 2.75) is 13.8 Å². The van der Waals surface area contributed by atoms with E-state index in [1.54, 1.807) is 6.07 Å². The highest BCUT2D eigenvalue weighted by molar-refractivity contribution is 7.22. The van der Waals surface area contributed by atoms with E-state index in [9.17, 15) is 14.7 Å². The molecular weight excluding hydrogens is 388 g/mol. The number of nitrogens with one attached hydrogen (secondary N) is 1. The van der Waals surface area contributed by atoms with Gasteiger partial charge in [0, 0.05) is 0 Å². The third kappa shape index (κ3) is 3.90. The number of carbonyl (C=O) groups excluding carboxylic acids is 2. The van der Waals surface area contributed by atoms with Crippen LogP contribution in [0.15, 0.2) is 48.5 Å². The van der Waals surface area contributed by atoms with E-state index in [1.807, 2.05) is 50.2 Å². The van der Waals surface area contributed by atoms with Crippen molar-refractivity contribution < 1.29 is 19.4 Å². The number of aromatic nitrogens is 1. The summed E-state index contributed by atoms with van der Waals surface area (Å²) in [5.74, 6) is -1.45. The number of esters is 1. The summed E-state index contributed by atoms with van der Waals surface area (Å²) in [5.41, 5.74) is 3.02. The Kier molecular flexibility index (Phi) is 4.90. The van der Waals surface area contributed by atoms with Gasteiger partial charge in [-0.2, -0.15) is 0 Å². The second-order valence-electron chi connectivity index (χ2n) is 6.79. The van der Waals surface area contributed by atoms with Gasteiger partial charge in [0.25, 0.3) is 5.91 Å². The maximum absolute atomic E-state index is 12.3. The average Bonchev–Trinajstić information content (AvgIpc) is 3.08. The molecule has 0 spiro atoms. The van der Waals surface area contributed by atoms with Crippen LogP contribution in [0, 0.1) is 13.8 Å². The second kappa shape index (κ2) is 7.52. The van der Waals surface area contributed by atoms with Crippen LogP contribution in [0.3, 0.4) is 0 Å². The number of phenolic OH excluding ortho intramolecular Hbond substituents is 1. The first kappa shape index (κ1) is 18.9. The fourth-order valence-electron chi connectivity index (χ4n) is 3.18. The lowest BCUT2D eigenvalue weighted by Crippen LogP contribution is -2.20. The Balaban J connectivity index is 1.44. The van der Waals surface area contributed by atoms with Crippen molar-refractivity contribution in [3.63, 3.8) is 0 Å². The van der Waals surface area contributed by atoms with Gasteiger partial charge >= 0.3 is 5.97 Å². The molecule has 146 valence electrons. The largest absolute Gasteiger partial charge is 0.507 e. The van der Waals surface area contributed by atoms with Gasteiger partial charge in [0.05, 0.1) is 10.2 Å². The van der Waals surface area contributed by atoms with E-state index in [0.717, 1.165) is 32.1 Å². The van der Waals surface area contributed by atoms with Crippen LogP contribution in [0.5, 0.6) is 5.75 Å². The van der Waals surface area contributed by atoms with Crippen molar-refractivity contribution in [1.29, 1.82) is 0 Å². The van der Waals surface area contributed by atoms with Gasteiger partial charge in [0.15, 0.2) is 11.7 Å². The normalized spacial score (nSPS) is 11.0. The maximum Gasteiger partial charge on any atom is 0.342 e. The SMILES string of the molecule is Cc1cc(C)c2nc(NC(=O)COC(=O)c3cc4ccccc4cc3O)sc2c1. The Morgan fingerprint density at radius 1 is 1.10 bits per heavy atom. The minimum Gasteiger partial charge on any atom is -0.507 e. The molecular formula is C22H18N2O4S. The number of thiazole rings is 1. The molecule has 3 aromatic carbocycles. The molecule has 0 saturated heterocycles. The first-order valence-corrected chi connectivity index (χ1v) is 9.79. The second-order valence-corrected chi connectivity index (χ2v) is 7.82. The van der Waals surface area contributed by atoms with Crippen LogP contribution in [0.4, 0.5) is 5.13 Å². The molecule has 4 rings (SSSR count). The van der Waals surface area contributed by atoms with Crippen molar-refractivity contribution >= 4 is 49.3 Å². The number of amides is 1. The number of aromatic hydroxyl groups is 1. The summed E-state index contributed by atoms with van der Waals surface area (Å²) < 4.78 is 6.06. The van der Waals surface area contributed by atoms with Crippen molar-refractivity contribution in [3.05, 3.63) is 65.2 Å². The first-order chi connectivity index (χ1) is 13.9. The highest BCUT2D eigenvalue weighted by atomic mass is 32.1. The fourth-order valence-corrected chi connectivity index (χ4v) is 4.24. The summed E-state index contributed by atoms with van der Waals surface area (Å²) in [6.45, 7) is 3.50. The molecule has 1 heterocycles. The summed E-state index contributed by atoms with van der Waals surface area (Å²) in [6.07, 6.45) is 0. The highest BCUT2D eigenvalue weighted by Gasteiger charge is 2.16. The van der Waals surface area contributed by atoms with E-state index < -0.39 is 18.5 Å². The predicted molar refractivity (Wildman–Crippen MR) is 114 cm³/mol. The smallest absolute Gasteiger partial charge is 0.342 e. The van der Waals surface area contributed by atoms with Gasteiger partial charge in [-0.15, -0.1) is 0 Å². The Bertz CT molecular complexity index is 1260. The van der Waals surface area contributed by atoms with Gasteiger partial charge in [-0.3, -0.25) is 10.1 Å². The molecule has 29 heavy (non-hydrogen) atoms. The van der Waals surface area contributed by atoms with Gasteiger partial charge in [-0.1, -0.05) is 41.7 Å². The number of hydrogen-bond acceptors (Lipinski definition) is 6. The zero-order chi connectivity index (χ0) is 20.5. The quantitative estimate of drug-likeness (QED) is 0.485. The zero-order valence-corrected chi connectivity index (χ0v) is 16.7. The van der Waals surface area contributed by atoms with E-state index in [0.29, 0.717) is 5.13 Å². The van der Waals surface area contributed by atoms with Crippen LogP contribution in [0.1, 0.15) is 21.5 Å². The Morgan fingerprint density at radius 2 is 1.83 bits per heavy atom. The van der Waals surface area contributed by atoms with Gasteiger partial charge < -0.3 is 9.84 Å². The molecule has 2 N–H and O–H groups in total. The molecule has 0 atom stereocenters. The topological polar surface area (TPSA) is 88.5 Å². The van der Waals surface area contributed by atoms with E-state index in [2.05, 4.69) is 10.3 Å². The highest BCUT2D eigenvalue weighted by Crippen LogP contribution is 2.29. The van der Waals surface area contributed by atoms with Crippen LogP contribution in [0.25, 0.3) is 21.0 Å². The lowest BCUT2D eigenvalue weighted by atomic mass is 10.1. The predicted octanol–water partition coefficient (Wildman–Crippen LogP) is 4.57. The van der Waals surface area contributed by atoms with Crippen LogP contribution in [-0.4, -0.2) is 28.6 Å². The van der Waals surface area contributed by atoms with E-state index in [-0.39, 0.29) is 11.3 Å². The van der Waals surface area contributed by atoms with Crippen molar-refractivity contribution in [1.82, 2.24) is 4.98 Å². The number of hydrogen-bond donors (Lipinski definition) is 2. The van der Waals surface area contributed by atoms with Gasteiger partial charge in [0.1, 0.15) is 11.3 Å². The number of rotatable bonds is 4. The molecule has 0 fully saturated rings. The molecule has 0 unspecified atom stereocenters. The summed E-state index contributed by atoms with van der Waals surface area (Å²) in [6, 6.07) is 14.4.